The number of aromatic nitrogens is 2. The molecule has 26 heavy (non-hydrogen) atoms. The SMILES string of the molecule is Cc1cc(C(=O)N(C)c2ccccc2)nc(Nc2ccc(F)c(F)c2)n1. The molecule has 1 N–H and O–H groups in total. The number of anilines is 3. The Labute approximate surface area is 149 Å². The number of rotatable bonds is 4. The van der Waals surface area contributed by atoms with Gasteiger partial charge in [-0.05, 0) is 37.3 Å². The zero-order valence-corrected chi connectivity index (χ0v) is 14.2. The van der Waals surface area contributed by atoms with Crippen LogP contribution in [0.3, 0.4) is 0 Å². The quantitative estimate of drug-likeness (QED) is 0.767. The monoisotopic (exact) mass is 354 g/mol. The maximum Gasteiger partial charge on any atom is 0.276 e. The van der Waals surface area contributed by atoms with E-state index in [-0.39, 0.29) is 23.2 Å². The molecule has 132 valence electrons. The highest BCUT2D eigenvalue weighted by molar-refractivity contribution is 6.04. The first-order valence-corrected chi connectivity index (χ1v) is 7.85. The summed E-state index contributed by atoms with van der Waals surface area (Å²) in [6.45, 7) is 1.72. The molecular weight excluding hydrogens is 338 g/mol. The summed E-state index contributed by atoms with van der Waals surface area (Å²) in [5.41, 5.74) is 1.76. The van der Waals surface area contributed by atoms with Crippen LogP contribution < -0.4 is 10.2 Å². The minimum absolute atomic E-state index is 0.126. The van der Waals surface area contributed by atoms with Crippen LogP contribution >= 0.6 is 0 Å². The number of amides is 1. The second kappa shape index (κ2) is 7.26. The molecule has 0 fully saturated rings. The molecule has 2 aromatic carbocycles. The fourth-order valence-corrected chi connectivity index (χ4v) is 2.38. The third-order valence-electron chi connectivity index (χ3n) is 3.70. The number of hydrogen-bond donors (Lipinski definition) is 1. The Bertz CT molecular complexity index is 948. The Morgan fingerprint density at radius 2 is 1.73 bits per heavy atom. The van der Waals surface area contributed by atoms with Crippen LogP contribution in [0.5, 0.6) is 0 Å². The van der Waals surface area contributed by atoms with Crippen molar-refractivity contribution in [2.75, 3.05) is 17.3 Å². The van der Waals surface area contributed by atoms with Gasteiger partial charge in [-0.1, -0.05) is 18.2 Å². The highest BCUT2D eigenvalue weighted by atomic mass is 19.2. The van der Waals surface area contributed by atoms with E-state index in [1.807, 2.05) is 30.3 Å². The lowest BCUT2D eigenvalue weighted by atomic mass is 10.2. The summed E-state index contributed by atoms with van der Waals surface area (Å²) in [5.74, 6) is -2.11. The van der Waals surface area contributed by atoms with Crippen molar-refractivity contribution in [2.24, 2.45) is 0 Å². The van der Waals surface area contributed by atoms with Crippen molar-refractivity contribution in [1.82, 2.24) is 9.97 Å². The zero-order valence-electron chi connectivity index (χ0n) is 14.2. The fourth-order valence-electron chi connectivity index (χ4n) is 2.38. The molecule has 0 aliphatic carbocycles. The van der Waals surface area contributed by atoms with Crippen LogP contribution in [0.25, 0.3) is 0 Å². The topological polar surface area (TPSA) is 58.1 Å². The van der Waals surface area contributed by atoms with Crippen LogP contribution in [-0.2, 0) is 0 Å². The molecule has 0 atom stereocenters. The molecule has 0 spiro atoms. The van der Waals surface area contributed by atoms with Gasteiger partial charge in [-0.15, -0.1) is 0 Å². The Hall–Kier alpha value is -3.35. The molecule has 1 aromatic heterocycles. The number of nitrogens with one attached hydrogen (secondary N) is 1. The van der Waals surface area contributed by atoms with E-state index in [1.165, 1.54) is 11.0 Å². The van der Waals surface area contributed by atoms with Gasteiger partial charge in [-0.2, -0.15) is 0 Å². The average Bonchev–Trinajstić information content (AvgIpc) is 2.64. The van der Waals surface area contributed by atoms with E-state index in [4.69, 9.17) is 0 Å². The van der Waals surface area contributed by atoms with E-state index in [0.29, 0.717) is 5.69 Å². The lowest BCUT2D eigenvalue weighted by molar-refractivity contribution is 0.0988. The summed E-state index contributed by atoms with van der Waals surface area (Å²) in [7, 11) is 1.65. The highest BCUT2D eigenvalue weighted by Crippen LogP contribution is 2.19. The summed E-state index contributed by atoms with van der Waals surface area (Å²) < 4.78 is 26.4. The second-order valence-electron chi connectivity index (χ2n) is 5.67. The van der Waals surface area contributed by atoms with Crippen molar-refractivity contribution >= 4 is 23.2 Å². The minimum Gasteiger partial charge on any atom is -0.324 e. The lowest BCUT2D eigenvalue weighted by Gasteiger charge is -2.17. The third kappa shape index (κ3) is 3.83. The predicted octanol–water partition coefficient (Wildman–Crippen LogP) is 4.08. The third-order valence-corrected chi connectivity index (χ3v) is 3.70. The Balaban J connectivity index is 1.87. The van der Waals surface area contributed by atoms with E-state index in [9.17, 15) is 13.6 Å². The maximum absolute atomic E-state index is 13.3. The lowest BCUT2D eigenvalue weighted by Crippen LogP contribution is -2.27. The number of para-hydroxylation sites is 1. The molecular formula is C19H16F2N4O. The normalized spacial score (nSPS) is 10.5. The summed E-state index contributed by atoms with van der Waals surface area (Å²) in [4.78, 5) is 22.6. The van der Waals surface area contributed by atoms with Crippen molar-refractivity contribution in [3.05, 3.63) is 77.6 Å². The van der Waals surface area contributed by atoms with Crippen LogP contribution in [-0.4, -0.2) is 22.9 Å². The van der Waals surface area contributed by atoms with Gasteiger partial charge >= 0.3 is 0 Å². The van der Waals surface area contributed by atoms with E-state index in [1.54, 1.807) is 20.0 Å². The van der Waals surface area contributed by atoms with E-state index >= 15 is 0 Å². The molecule has 5 nitrogen and oxygen atoms in total. The second-order valence-corrected chi connectivity index (χ2v) is 5.67. The number of carbonyl (C=O) groups is 1. The number of aryl methyl sites for hydroxylation is 1. The van der Waals surface area contributed by atoms with Gasteiger partial charge in [0.1, 0.15) is 5.69 Å². The molecule has 1 heterocycles. The molecule has 0 saturated heterocycles. The zero-order chi connectivity index (χ0) is 18.7. The Morgan fingerprint density at radius 1 is 1.00 bits per heavy atom. The van der Waals surface area contributed by atoms with Gasteiger partial charge in [0, 0.05) is 30.2 Å². The smallest absolute Gasteiger partial charge is 0.276 e. The number of nitrogens with zero attached hydrogens (tertiary/aromatic N) is 3. The van der Waals surface area contributed by atoms with Gasteiger partial charge < -0.3 is 10.2 Å². The summed E-state index contributed by atoms with van der Waals surface area (Å²) in [6.07, 6.45) is 0. The van der Waals surface area contributed by atoms with Crippen LogP contribution in [0.15, 0.2) is 54.6 Å². The average molecular weight is 354 g/mol. The molecule has 7 heteroatoms. The highest BCUT2D eigenvalue weighted by Gasteiger charge is 2.17. The van der Waals surface area contributed by atoms with E-state index in [2.05, 4.69) is 15.3 Å². The van der Waals surface area contributed by atoms with Gasteiger partial charge in [0.05, 0.1) is 0 Å². The first kappa shape index (κ1) is 17.5. The standard InChI is InChI=1S/C19H16F2N4O/c1-12-10-17(18(26)25(2)14-6-4-3-5-7-14)24-19(22-12)23-13-8-9-15(20)16(21)11-13/h3-11H,1-2H3,(H,22,23,24). The largest absolute Gasteiger partial charge is 0.324 e. The van der Waals surface area contributed by atoms with Crippen molar-refractivity contribution in [1.29, 1.82) is 0 Å². The molecule has 0 aliphatic rings. The number of carbonyl (C=O) groups excluding carboxylic acids is 1. The van der Waals surface area contributed by atoms with Gasteiger partial charge in [-0.25, -0.2) is 18.7 Å². The fraction of sp³-hybridized carbons (Fsp3) is 0.105. The summed E-state index contributed by atoms with van der Waals surface area (Å²) in [6, 6.07) is 14.1. The predicted molar refractivity (Wildman–Crippen MR) is 95.6 cm³/mol. The molecule has 0 bridgehead atoms. The van der Waals surface area contributed by atoms with Crippen LogP contribution in [0.1, 0.15) is 16.2 Å². The van der Waals surface area contributed by atoms with Crippen LogP contribution in [0, 0.1) is 18.6 Å². The van der Waals surface area contributed by atoms with Crippen molar-refractivity contribution < 1.29 is 13.6 Å². The van der Waals surface area contributed by atoms with Crippen molar-refractivity contribution in [3.63, 3.8) is 0 Å². The first-order chi connectivity index (χ1) is 12.4. The number of hydrogen-bond acceptors (Lipinski definition) is 4. The molecule has 0 radical (unpaired) electrons. The van der Waals surface area contributed by atoms with Crippen LogP contribution in [0.4, 0.5) is 26.1 Å². The molecule has 1 amide bonds. The van der Waals surface area contributed by atoms with E-state index in [0.717, 1.165) is 17.8 Å². The van der Waals surface area contributed by atoms with E-state index < -0.39 is 11.6 Å². The van der Waals surface area contributed by atoms with Gasteiger partial charge in [-0.3, -0.25) is 4.79 Å². The Kier molecular flexibility index (Phi) is 4.88. The number of halogens is 2. The minimum atomic E-state index is -0.984. The summed E-state index contributed by atoms with van der Waals surface area (Å²) in [5, 5.41) is 2.79. The van der Waals surface area contributed by atoms with Crippen molar-refractivity contribution in [3.8, 4) is 0 Å². The molecule has 0 saturated carbocycles. The van der Waals surface area contributed by atoms with Crippen molar-refractivity contribution in [2.45, 2.75) is 6.92 Å². The molecule has 0 aliphatic heterocycles. The van der Waals surface area contributed by atoms with Gasteiger partial charge in [0.25, 0.3) is 5.91 Å². The maximum atomic E-state index is 13.3. The molecule has 3 aromatic rings. The van der Waals surface area contributed by atoms with Gasteiger partial charge in [0.15, 0.2) is 11.6 Å². The van der Waals surface area contributed by atoms with Crippen LogP contribution in [0.2, 0.25) is 0 Å². The number of benzene rings is 2. The van der Waals surface area contributed by atoms with Gasteiger partial charge in [0.2, 0.25) is 5.95 Å². The molecule has 0 unspecified atom stereocenters. The Morgan fingerprint density at radius 3 is 2.42 bits per heavy atom. The summed E-state index contributed by atoms with van der Waals surface area (Å²) >= 11 is 0. The molecule has 3 rings (SSSR count). The first-order valence-electron chi connectivity index (χ1n) is 7.85.